The smallest absolute Gasteiger partial charge is 0.226 e. The van der Waals surface area contributed by atoms with Gasteiger partial charge in [0.1, 0.15) is 11.5 Å². The predicted molar refractivity (Wildman–Crippen MR) is 109 cm³/mol. The fraction of sp³-hybridized carbons (Fsp3) is 0.238. The number of aryl methyl sites for hydroxylation is 1. The first-order chi connectivity index (χ1) is 13.1. The van der Waals surface area contributed by atoms with Crippen LogP contribution in [-0.2, 0) is 4.79 Å². The first-order valence-corrected chi connectivity index (χ1v) is 9.61. The van der Waals surface area contributed by atoms with Crippen LogP contribution in [0, 0.1) is 6.92 Å². The number of hydrogen-bond donors (Lipinski definition) is 1. The van der Waals surface area contributed by atoms with Gasteiger partial charge in [0, 0.05) is 17.4 Å². The summed E-state index contributed by atoms with van der Waals surface area (Å²) in [6, 6.07) is 15.6. The van der Waals surface area contributed by atoms with E-state index in [0.29, 0.717) is 24.6 Å². The Morgan fingerprint density at radius 1 is 1.07 bits per heavy atom. The minimum atomic E-state index is -0.0573. The van der Waals surface area contributed by atoms with Crippen LogP contribution in [0.25, 0.3) is 11.3 Å². The molecule has 6 heteroatoms. The molecule has 0 aliphatic carbocycles. The van der Waals surface area contributed by atoms with Gasteiger partial charge in [-0.3, -0.25) is 4.79 Å². The second-order valence-electron chi connectivity index (χ2n) is 6.08. The number of ether oxygens (including phenoxy) is 2. The normalized spacial score (nSPS) is 10.4. The first kappa shape index (κ1) is 18.9. The number of rotatable bonds is 8. The van der Waals surface area contributed by atoms with Crippen molar-refractivity contribution in [3.05, 3.63) is 59.5 Å². The second-order valence-corrected chi connectivity index (χ2v) is 6.94. The number of nitrogens with one attached hydrogen (secondary N) is 1. The van der Waals surface area contributed by atoms with Crippen molar-refractivity contribution in [1.82, 2.24) is 4.98 Å². The number of carbonyl (C=O) groups is 1. The molecule has 2 aromatic carbocycles. The van der Waals surface area contributed by atoms with Crippen LogP contribution in [-0.4, -0.2) is 24.6 Å². The summed E-state index contributed by atoms with van der Waals surface area (Å²) in [5, 5.41) is 5.38. The number of anilines is 1. The summed E-state index contributed by atoms with van der Waals surface area (Å²) in [6.07, 6.45) is 1.04. The maximum absolute atomic E-state index is 12.1. The Morgan fingerprint density at radius 2 is 1.78 bits per heavy atom. The molecule has 0 saturated carbocycles. The van der Waals surface area contributed by atoms with E-state index < -0.39 is 0 Å². The van der Waals surface area contributed by atoms with Gasteiger partial charge in [-0.05, 0) is 49.7 Å². The van der Waals surface area contributed by atoms with E-state index in [9.17, 15) is 4.79 Å². The molecule has 1 heterocycles. The van der Waals surface area contributed by atoms with Gasteiger partial charge in [-0.15, -0.1) is 11.3 Å². The minimum Gasteiger partial charge on any atom is -0.497 e. The van der Waals surface area contributed by atoms with E-state index in [4.69, 9.17) is 9.47 Å². The van der Waals surface area contributed by atoms with Gasteiger partial charge in [-0.25, -0.2) is 4.98 Å². The van der Waals surface area contributed by atoms with Gasteiger partial charge < -0.3 is 14.8 Å². The lowest BCUT2D eigenvalue weighted by atomic mass is 10.2. The van der Waals surface area contributed by atoms with Crippen LogP contribution in [0.15, 0.2) is 53.9 Å². The molecule has 27 heavy (non-hydrogen) atoms. The summed E-state index contributed by atoms with van der Waals surface area (Å²) in [4.78, 5) is 16.6. The third kappa shape index (κ3) is 5.56. The van der Waals surface area contributed by atoms with E-state index in [-0.39, 0.29) is 5.91 Å². The van der Waals surface area contributed by atoms with Crippen molar-refractivity contribution in [2.24, 2.45) is 0 Å². The van der Waals surface area contributed by atoms with Crippen molar-refractivity contribution < 1.29 is 14.3 Å². The number of hydrogen-bond acceptors (Lipinski definition) is 5. The monoisotopic (exact) mass is 382 g/mol. The van der Waals surface area contributed by atoms with Gasteiger partial charge in [0.05, 0.1) is 19.4 Å². The molecule has 1 amide bonds. The van der Waals surface area contributed by atoms with Crippen molar-refractivity contribution in [3.63, 3.8) is 0 Å². The number of amides is 1. The zero-order valence-corrected chi connectivity index (χ0v) is 16.2. The van der Waals surface area contributed by atoms with E-state index in [1.165, 1.54) is 16.9 Å². The number of benzene rings is 2. The molecule has 1 N–H and O–H groups in total. The van der Waals surface area contributed by atoms with E-state index >= 15 is 0 Å². The van der Waals surface area contributed by atoms with Crippen molar-refractivity contribution in [1.29, 1.82) is 0 Å². The number of aromatic nitrogens is 1. The van der Waals surface area contributed by atoms with Gasteiger partial charge in [-0.2, -0.15) is 0 Å². The lowest BCUT2D eigenvalue weighted by Gasteiger charge is -2.06. The molecule has 0 aliphatic heterocycles. The van der Waals surface area contributed by atoms with Gasteiger partial charge in [0.2, 0.25) is 5.91 Å². The highest BCUT2D eigenvalue weighted by Crippen LogP contribution is 2.26. The van der Waals surface area contributed by atoms with Crippen LogP contribution in [0.4, 0.5) is 5.13 Å². The summed E-state index contributed by atoms with van der Waals surface area (Å²) in [6.45, 7) is 2.54. The molecule has 3 rings (SSSR count). The van der Waals surface area contributed by atoms with Gasteiger partial charge in [0.15, 0.2) is 5.13 Å². The molecule has 0 radical (unpaired) electrons. The highest BCUT2D eigenvalue weighted by atomic mass is 32.1. The van der Waals surface area contributed by atoms with Crippen molar-refractivity contribution in [2.45, 2.75) is 19.8 Å². The number of carbonyl (C=O) groups excluding carboxylic acids is 1. The fourth-order valence-electron chi connectivity index (χ4n) is 2.46. The minimum absolute atomic E-state index is 0.0573. The molecule has 3 aromatic rings. The maximum Gasteiger partial charge on any atom is 0.226 e. The van der Waals surface area contributed by atoms with Crippen LogP contribution in [0.3, 0.4) is 0 Å². The largest absolute Gasteiger partial charge is 0.497 e. The van der Waals surface area contributed by atoms with Crippen LogP contribution in [0.2, 0.25) is 0 Å². The fourth-order valence-corrected chi connectivity index (χ4v) is 3.20. The molecule has 0 unspecified atom stereocenters. The summed E-state index contributed by atoms with van der Waals surface area (Å²) in [7, 11) is 1.64. The molecule has 0 atom stereocenters. The molecular formula is C21H22N2O3S. The van der Waals surface area contributed by atoms with Gasteiger partial charge in [0.25, 0.3) is 0 Å². The average Bonchev–Trinajstić information content (AvgIpc) is 3.15. The quantitative estimate of drug-likeness (QED) is 0.562. The molecule has 0 spiro atoms. The van der Waals surface area contributed by atoms with Crippen molar-refractivity contribution in [3.8, 4) is 22.8 Å². The molecule has 1 aromatic heterocycles. The van der Waals surface area contributed by atoms with Crippen molar-refractivity contribution in [2.75, 3.05) is 19.0 Å². The summed E-state index contributed by atoms with van der Waals surface area (Å²) >= 11 is 1.41. The average molecular weight is 382 g/mol. The first-order valence-electron chi connectivity index (χ1n) is 8.73. The van der Waals surface area contributed by atoms with Crippen LogP contribution in [0.5, 0.6) is 11.5 Å². The Kier molecular flexibility index (Phi) is 6.44. The molecular weight excluding hydrogens is 360 g/mol. The van der Waals surface area contributed by atoms with Gasteiger partial charge >= 0.3 is 0 Å². The SMILES string of the molecule is COc1ccc(-c2csc(NC(=O)CCCOc3ccc(C)cc3)n2)cc1. The Hall–Kier alpha value is -2.86. The number of nitrogens with zero attached hydrogens (tertiary/aromatic N) is 1. The third-order valence-electron chi connectivity index (χ3n) is 3.97. The number of thiazole rings is 1. The Balaban J connectivity index is 1.44. The highest BCUT2D eigenvalue weighted by molar-refractivity contribution is 7.14. The van der Waals surface area contributed by atoms with E-state index in [0.717, 1.165) is 22.8 Å². The summed E-state index contributed by atoms with van der Waals surface area (Å²) < 4.78 is 10.8. The molecule has 0 aliphatic rings. The molecule has 140 valence electrons. The van der Waals surface area contributed by atoms with Crippen LogP contribution < -0.4 is 14.8 Å². The Labute approximate surface area is 163 Å². The van der Waals surface area contributed by atoms with E-state index in [1.54, 1.807) is 7.11 Å². The van der Waals surface area contributed by atoms with E-state index in [1.807, 2.05) is 60.8 Å². The van der Waals surface area contributed by atoms with Gasteiger partial charge in [-0.1, -0.05) is 17.7 Å². The molecule has 5 nitrogen and oxygen atoms in total. The summed E-state index contributed by atoms with van der Waals surface area (Å²) in [5.74, 6) is 1.57. The zero-order valence-electron chi connectivity index (χ0n) is 15.4. The lowest BCUT2D eigenvalue weighted by Crippen LogP contribution is -2.12. The maximum atomic E-state index is 12.1. The zero-order chi connectivity index (χ0) is 19.1. The number of methoxy groups -OCH3 is 1. The summed E-state index contributed by atoms with van der Waals surface area (Å²) in [5.41, 5.74) is 3.01. The second kappa shape index (κ2) is 9.19. The van der Waals surface area contributed by atoms with Crippen molar-refractivity contribution >= 4 is 22.4 Å². The standard InChI is InChI=1S/C21H22N2O3S/c1-15-5-9-18(10-6-15)26-13-3-4-20(24)23-21-22-19(14-27-21)16-7-11-17(25-2)12-8-16/h5-12,14H,3-4,13H2,1-2H3,(H,22,23,24). The lowest BCUT2D eigenvalue weighted by molar-refractivity contribution is -0.116. The van der Waals surface area contributed by atoms with Crippen LogP contribution >= 0.6 is 11.3 Å². The Morgan fingerprint density at radius 3 is 2.48 bits per heavy atom. The molecule has 0 saturated heterocycles. The topological polar surface area (TPSA) is 60.5 Å². The Bertz CT molecular complexity index is 873. The third-order valence-corrected chi connectivity index (χ3v) is 4.73. The van der Waals surface area contributed by atoms with Crippen LogP contribution in [0.1, 0.15) is 18.4 Å². The molecule has 0 bridgehead atoms. The predicted octanol–water partition coefficient (Wildman–Crippen LogP) is 4.92. The highest BCUT2D eigenvalue weighted by Gasteiger charge is 2.08. The molecule has 0 fully saturated rings. The van der Waals surface area contributed by atoms with E-state index in [2.05, 4.69) is 10.3 Å².